The summed E-state index contributed by atoms with van der Waals surface area (Å²) in [7, 11) is 0. The molecule has 1 saturated heterocycles. The molecule has 1 heterocycles. The molecule has 104 valence electrons. The minimum atomic E-state index is 0.00213. The lowest BCUT2D eigenvalue weighted by atomic mass is 10.1. The molecule has 0 aromatic carbocycles. The first-order valence-electron chi connectivity index (χ1n) is 7.37. The molecule has 4 heteroatoms. The topological polar surface area (TPSA) is 44.4 Å². The van der Waals surface area contributed by atoms with E-state index in [4.69, 9.17) is 0 Å². The maximum atomic E-state index is 12.1. The molecule has 1 aliphatic carbocycles. The summed E-state index contributed by atoms with van der Waals surface area (Å²) in [4.78, 5) is 14.5. The van der Waals surface area contributed by atoms with Gasteiger partial charge in [0.2, 0.25) is 5.91 Å². The van der Waals surface area contributed by atoms with Crippen LogP contribution in [0.5, 0.6) is 0 Å². The molecular formula is C14H27N3O. The highest BCUT2D eigenvalue weighted by atomic mass is 16.2. The van der Waals surface area contributed by atoms with Crippen molar-refractivity contribution in [1.29, 1.82) is 0 Å². The Bertz CT molecular complexity index is 283. The molecule has 2 rings (SSSR count). The first-order chi connectivity index (χ1) is 8.58. The number of amides is 1. The Morgan fingerprint density at radius 1 is 1.33 bits per heavy atom. The highest BCUT2D eigenvalue weighted by Crippen LogP contribution is 2.29. The van der Waals surface area contributed by atoms with Crippen LogP contribution in [0.25, 0.3) is 0 Å². The first-order valence-corrected chi connectivity index (χ1v) is 7.37. The Labute approximate surface area is 110 Å². The number of hydrogen-bond donors (Lipinski definition) is 2. The minimum Gasteiger partial charge on any atom is -0.353 e. The van der Waals surface area contributed by atoms with Crippen molar-refractivity contribution in [3.05, 3.63) is 0 Å². The lowest BCUT2D eigenvalue weighted by Crippen LogP contribution is -2.51. The van der Waals surface area contributed by atoms with Gasteiger partial charge in [-0.2, -0.15) is 0 Å². The fourth-order valence-electron chi connectivity index (χ4n) is 2.75. The molecule has 2 atom stereocenters. The van der Waals surface area contributed by atoms with Gasteiger partial charge in [-0.15, -0.1) is 0 Å². The summed E-state index contributed by atoms with van der Waals surface area (Å²) in [5, 5.41) is 6.56. The molecule has 0 spiro atoms. The minimum absolute atomic E-state index is 0.00213. The molecule has 2 unspecified atom stereocenters. The number of nitrogens with zero attached hydrogens (tertiary/aromatic N) is 1. The summed E-state index contributed by atoms with van der Waals surface area (Å²) >= 11 is 0. The van der Waals surface area contributed by atoms with E-state index in [1.54, 1.807) is 0 Å². The van der Waals surface area contributed by atoms with Gasteiger partial charge in [0, 0.05) is 24.7 Å². The zero-order valence-corrected chi connectivity index (χ0v) is 11.9. The van der Waals surface area contributed by atoms with Crippen molar-refractivity contribution in [2.45, 2.75) is 70.6 Å². The predicted octanol–water partition coefficient (Wildman–Crippen LogP) is 1.12. The van der Waals surface area contributed by atoms with Gasteiger partial charge in [0.15, 0.2) is 0 Å². The van der Waals surface area contributed by atoms with Crippen LogP contribution >= 0.6 is 0 Å². The van der Waals surface area contributed by atoms with E-state index in [0.29, 0.717) is 12.1 Å². The van der Waals surface area contributed by atoms with E-state index < -0.39 is 0 Å². The number of carbonyl (C=O) groups is 1. The van der Waals surface area contributed by atoms with Gasteiger partial charge in [0.05, 0.1) is 6.04 Å². The molecule has 2 aliphatic rings. The molecule has 1 aliphatic heterocycles. The largest absolute Gasteiger partial charge is 0.353 e. The van der Waals surface area contributed by atoms with Crippen LogP contribution in [0, 0.1) is 0 Å². The smallest absolute Gasteiger partial charge is 0.237 e. The third-order valence-electron chi connectivity index (χ3n) is 3.92. The van der Waals surface area contributed by atoms with Crippen molar-refractivity contribution in [3.63, 3.8) is 0 Å². The second kappa shape index (κ2) is 6.02. The van der Waals surface area contributed by atoms with Gasteiger partial charge in [0.1, 0.15) is 0 Å². The predicted molar refractivity (Wildman–Crippen MR) is 73.5 cm³/mol. The fourth-order valence-corrected chi connectivity index (χ4v) is 2.75. The number of rotatable bonds is 6. The maximum Gasteiger partial charge on any atom is 0.237 e. The van der Waals surface area contributed by atoms with Crippen LogP contribution in [0.4, 0.5) is 0 Å². The number of hydrogen-bond acceptors (Lipinski definition) is 3. The van der Waals surface area contributed by atoms with E-state index in [1.165, 1.54) is 25.7 Å². The van der Waals surface area contributed by atoms with E-state index in [1.807, 2.05) is 20.8 Å². The zero-order valence-electron chi connectivity index (χ0n) is 11.9. The molecule has 1 amide bonds. The zero-order chi connectivity index (χ0) is 13.1. The third kappa shape index (κ3) is 3.69. The standard InChI is InChI=1S/C14H27N3O/c1-10(2)16-14(18)11(3)17(13-6-7-13)9-12-5-4-8-15-12/h10-13,15H,4-9H2,1-3H3,(H,16,18). The molecule has 2 N–H and O–H groups in total. The molecule has 18 heavy (non-hydrogen) atoms. The second-order valence-electron chi connectivity index (χ2n) is 6.06. The fraction of sp³-hybridized carbons (Fsp3) is 0.929. The first kappa shape index (κ1) is 13.8. The molecule has 4 nitrogen and oxygen atoms in total. The van der Waals surface area contributed by atoms with E-state index in [2.05, 4.69) is 15.5 Å². The molecule has 2 fully saturated rings. The monoisotopic (exact) mass is 253 g/mol. The normalized spacial score (nSPS) is 25.7. The van der Waals surface area contributed by atoms with Crippen molar-refractivity contribution >= 4 is 5.91 Å². The van der Waals surface area contributed by atoms with Crippen molar-refractivity contribution in [1.82, 2.24) is 15.5 Å². The van der Waals surface area contributed by atoms with Gasteiger partial charge in [-0.3, -0.25) is 9.69 Å². The average Bonchev–Trinajstić information content (AvgIpc) is 3.02. The van der Waals surface area contributed by atoms with E-state index in [-0.39, 0.29) is 18.0 Å². The van der Waals surface area contributed by atoms with Crippen LogP contribution < -0.4 is 10.6 Å². The van der Waals surface area contributed by atoms with Gasteiger partial charge in [-0.1, -0.05) is 0 Å². The molecule has 0 radical (unpaired) electrons. The Hall–Kier alpha value is -0.610. The van der Waals surface area contributed by atoms with E-state index in [0.717, 1.165) is 13.1 Å². The molecular weight excluding hydrogens is 226 g/mol. The quantitative estimate of drug-likeness (QED) is 0.745. The summed E-state index contributed by atoms with van der Waals surface area (Å²) in [6, 6.07) is 1.45. The van der Waals surface area contributed by atoms with Gasteiger partial charge in [-0.05, 0) is 53.0 Å². The summed E-state index contributed by atoms with van der Waals surface area (Å²) in [5.41, 5.74) is 0. The van der Waals surface area contributed by atoms with Crippen LogP contribution in [0.15, 0.2) is 0 Å². The Balaban J connectivity index is 1.89. The van der Waals surface area contributed by atoms with Crippen molar-refractivity contribution in [2.24, 2.45) is 0 Å². The molecule has 1 saturated carbocycles. The summed E-state index contributed by atoms with van der Waals surface area (Å²) in [5.74, 6) is 0.176. The highest BCUT2D eigenvalue weighted by Gasteiger charge is 2.36. The second-order valence-corrected chi connectivity index (χ2v) is 6.06. The van der Waals surface area contributed by atoms with Gasteiger partial charge >= 0.3 is 0 Å². The summed E-state index contributed by atoms with van der Waals surface area (Å²) < 4.78 is 0. The average molecular weight is 253 g/mol. The maximum absolute atomic E-state index is 12.1. The van der Waals surface area contributed by atoms with E-state index >= 15 is 0 Å². The lowest BCUT2D eigenvalue weighted by molar-refractivity contribution is -0.126. The third-order valence-corrected chi connectivity index (χ3v) is 3.92. The highest BCUT2D eigenvalue weighted by molar-refractivity contribution is 5.81. The molecule has 0 bridgehead atoms. The Morgan fingerprint density at radius 2 is 2.06 bits per heavy atom. The Morgan fingerprint density at radius 3 is 2.56 bits per heavy atom. The molecule has 0 aromatic heterocycles. The van der Waals surface area contributed by atoms with Crippen LogP contribution in [0.1, 0.15) is 46.5 Å². The number of nitrogens with one attached hydrogen (secondary N) is 2. The van der Waals surface area contributed by atoms with Gasteiger partial charge in [0.25, 0.3) is 0 Å². The summed E-state index contributed by atoms with van der Waals surface area (Å²) in [6.07, 6.45) is 5.04. The SMILES string of the molecule is CC(C)NC(=O)C(C)N(CC1CCCN1)C1CC1. The molecule has 0 aromatic rings. The van der Waals surface area contributed by atoms with Crippen molar-refractivity contribution in [3.8, 4) is 0 Å². The van der Waals surface area contributed by atoms with Crippen molar-refractivity contribution in [2.75, 3.05) is 13.1 Å². The van der Waals surface area contributed by atoms with E-state index in [9.17, 15) is 4.79 Å². The van der Waals surface area contributed by atoms with Crippen LogP contribution in [0.3, 0.4) is 0 Å². The van der Waals surface area contributed by atoms with Gasteiger partial charge in [-0.25, -0.2) is 0 Å². The Kier molecular flexibility index (Phi) is 4.62. The lowest BCUT2D eigenvalue weighted by Gasteiger charge is -2.31. The number of carbonyl (C=O) groups excluding carboxylic acids is 1. The van der Waals surface area contributed by atoms with Crippen molar-refractivity contribution < 1.29 is 4.79 Å². The van der Waals surface area contributed by atoms with Crippen LogP contribution in [-0.2, 0) is 4.79 Å². The van der Waals surface area contributed by atoms with Gasteiger partial charge < -0.3 is 10.6 Å². The van der Waals surface area contributed by atoms with Crippen LogP contribution in [-0.4, -0.2) is 48.1 Å². The summed E-state index contributed by atoms with van der Waals surface area (Å²) in [6.45, 7) is 8.24. The van der Waals surface area contributed by atoms with Crippen LogP contribution in [0.2, 0.25) is 0 Å².